The fourth-order valence-electron chi connectivity index (χ4n) is 6.30. The van der Waals surface area contributed by atoms with Crippen LogP contribution in [0.4, 0.5) is 5.69 Å². The Labute approximate surface area is 219 Å². The maximum absolute atomic E-state index is 13.7. The average molecular weight is 509 g/mol. The smallest absolute Gasteiger partial charge is 0.326 e. The van der Waals surface area contributed by atoms with Crippen molar-refractivity contribution in [1.29, 1.82) is 0 Å². The number of hydrogen-bond donors (Lipinski definition) is 1. The van der Waals surface area contributed by atoms with E-state index in [-0.39, 0.29) is 17.5 Å². The van der Waals surface area contributed by atoms with E-state index in [9.17, 15) is 14.4 Å². The number of nitrogens with zero attached hydrogens (tertiary/aromatic N) is 3. The summed E-state index contributed by atoms with van der Waals surface area (Å²) in [4.78, 5) is 46.1. The normalized spacial score (nSPS) is 20.4. The van der Waals surface area contributed by atoms with Crippen molar-refractivity contribution < 1.29 is 14.3 Å². The summed E-state index contributed by atoms with van der Waals surface area (Å²) >= 11 is 0. The minimum atomic E-state index is -0.352. The number of fused-ring (bicyclic) bond motifs is 1. The maximum Gasteiger partial charge on any atom is 0.326 e. The van der Waals surface area contributed by atoms with Crippen molar-refractivity contribution in [2.45, 2.75) is 25.3 Å². The molecule has 1 aliphatic carbocycles. The van der Waals surface area contributed by atoms with E-state index in [4.69, 9.17) is 4.74 Å². The van der Waals surface area contributed by atoms with Crippen LogP contribution in [0.5, 0.6) is 0 Å². The first-order chi connectivity index (χ1) is 18.5. The van der Waals surface area contributed by atoms with Crippen LogP contribution in [-0.4, -0.2) is 58.6 Å². The standard InChI is InChI=1S/C30H28N4O4/c1-32-26-17-20(9-12-25(26)31-30(32)37)34-28(35)23-4-2-3-22-21(10-11-24(27(22)23)29(34)36)18-5-7-19(8-6-18)33-13-15-38-16-14-33/h2-5,9-12,17,19H,6-8,13-16H2,1H3,(H,31,37). The van der Waals surface area contributed by atoms with Crippen molar-refractivity contribution in [3.63, 3.8) is 0 Å². The minimum Gasteiger partial charge on any atom is -0.379 e. The van der Waals surface area contributed by atoms with Crippen LogP contribution < -0.4 is 10.6 Å². The van der Waals surface area contributed by atoms with Gasteiger partial charge in [-0.3, -0.25) is 19.1 Å². The third-order valence-electron chi connectivity index (χ3n) is 8.35. The SMILES string of the molecule is Cn1c(=O)[nH]c2ccc(N3C(=O)c4cccc5c(C6=CCC(N7CCOCC7)CC6)ccc(c45)C3=O)cc21. The summed E-state index contributed by atoms with van der Waals surface area (Å²) in [5, 5.41) is 1.67. The van der Waals surface area contributed by atoms with Gasteiger partial charge in [0.1, 0.15) is 0 Å². The van der Waals surface area contributed by atoms with Gasteiger partial charge in [-0.25, -0.2) is 9.69 Å². The largest absolute Gasteiger partial charge is 0.379 e. The third kappa shape index (κ3) is 3.48. The van der Waals surface area contributed by atoms with Crippen LogP contribution in [0.25, 0.3) is 27.4 Å². The molecule has 4 aromatic rings. The van der Waals surface area contributed by atoms with Crippen molar-refractivity contribution in [3.05, 3.63) is 81.8 Å². The predicted octanol–water partition coefficient (Wildman–Crippen LogP) is 4.09. The van der Waals surface area contributed by atoms with Gasteiger partial charge >= 0.3 is 5.69 Å². The fourth-order valence-corrected chi connectivity index (χ4v) is 6.30. The first-order valence-electron chi connectivity index (χ1n) is 13.2. The van der Waals surface area contributed by atoms with E-state index < -0.39 is 0 Å². The lowest BCUT2D eigenvalue weighted by molar-refractivity contribution is 0.0150. The summed E-state index contributed by atoms with van der Waals surface area (Å²) in [6.07, 6.45) is 5.38. The topological polar surface area (TPSA) is 87.6 Å². The van der Waals surface area contributed by atoms with Crippen molar-refractivity contribution in [2.75, 3.05) is 31.2 Å². The molecule has 2 amide bonds. The monoisotopic (exact) mass is 508 g/mol. The number of carbonyl (C=O) groups is 2. The van der Waals surface area contributed by atoms with E-state index in [2.05, 4.69) is 16.0 Å². The molecule has 1 saturated heterocycles. The molecule has 1 aromatic heterocycles. The zero-order valence-electron chi connectivity index (χ0n) is 21.2. The number of aromatic amines is 1. The van der Waals surface area contributed by atoms with Crippen LogP contribution in [0.2, 0.25) is 0 Å². The minimum absolute atomic E-state index is 0.246. The first-order valence-corrected chi connectivity index (χ1v) is 13.2. The number of aromatic nitrogens is 2. The van der Waals surface area contributed by atoms with Gasteiger partial charge in [-0.05, 0) is 66.1 Å². The number of rotatable bonds is 3. The summed E-state index contributed by atoms with van der Waals surface area (Å²) < 4.78 is 6.99. The van der Waals surface area contributed by atoms with Gasteiger partial charge in [0.05, 0.1) is 29.9 Å². The highest BCUT2D eigenvalue weighted by atomic mass is 16.5. The quantitative estimate of drug-likeness (QED) is 0.421. The van der Waals surface area contributed by atoms with E-state index in [1.807, 2.05) is 24.3 Å². The molecule has 1 unspecified atom stereocenters. The summed E-state index contributed by atoms with van der Waals surface area (Å²) in [6.45, 7) is 3.59. The zero-order chi connectivity index (χ0) is 26.0. The molecule has 1 atom stereocenters. The number of ether oxygens (including phenoxy) is 1. The Morgan fingerprint density at radius 2 is 1.68 bits per heavy atom. The van der Waals surface area contributed by atoms with Gasteiger partial charge in [0.15, 0.2) is 0 Å². The lowest BCUT2D eigenvalue weighted by atomic mass is 9.84. The molecule has 0 spiro atoms. The van der Waals surface area contributed by atoms with E-state index in [1.54, 1.807) is 31.3 Å². The molecule has 3 aromatic carbocycles. The number of carbonyl (C=O) groups excluding carboxylic acids is 2. The van der Waals surface area contributed by atoms with Crippen LogP contribution in [0, 0.1) is 0 Å². The maximum atomic E-state index is 13.7. The van der Waals surface area contributed by atoms with Crippen molar-refractivity contribution in [3.8, 4) is 0 Å². The molecule has 0 radical (unpaired) electrons. The summed E-state index contributed by atoms with van der Waals surface area (Å²) in [5.74, 6) is -0.703. The lowest BCUT2D eigenvalue weighted by Crippen LogP contribution is -2.43. The molecule has 192 valence electrons. The highest BCUT2D eigenvalue weighted by Crippen LogP contribution is 2.39. The molecule has 3 aliphatic rings. The molecule has 3 heterocycles. The van der Waals surface area contributed by atoms with E-state index in [1.165, 1.54) is 15.0 Å². The van der Waals surface area contributed by atoms with Crippen molar-refractivity contribution >= 4 is 44.9 Å². The number of nitrogens with one attached hydrogen (secondary N) is 1. The summed E-state index contributed by atoms with van der Waals surface area (Å²) in [6, 6.07) is 15.3. The van der Waals surface area contributed by atoms with Gasteiger partial charge in [-0.2, -0.15) is 0 Å². The van der Waals surface area contributed by atoms with E-state index >= 15 is 0 Å². The Bertz CT molecular complexity index is 1700. The Hall–Kier alpha value is -4.01. The number of allylic oxidation sites excluding steroid dienone is 1. The Balaban J connectivity index is 1.27. The molecule has 0 saturated carbocycles. The van der Waals surface area contributed by atoms with E-state index in [0.29, 0.717) is 33.9 Å². The molecule has 1 N–H and O–H groups in total. The number of hydrogen-bond acceptors (Lipinski definition) is 5. The highest BCUT2D eigenvalue weighted by molar-refractivity contribution is 6.36. The molecule has 38 heavy (non-hydrogen) atoms. The zero-order valence-corrected chi connectivity index (χ0v) is 21.2. The number of anilines is 1. The highest BCUT2D eigenvalue weighted by Gasteiger charge is 2.35. The first kappa shape index (κ1) is 23.1. The van der Waals surface area contributed by atoms with Gasteiger partial charge in [0, 0.05) is 42.7 Å². The molecule has 1 fully saturated rings. The van der Waals surface area contributed by atoms with Crippen LogP contribution >= 0.6 is 0 Å². The molecule has 2 aliphatic heterocycles. The molecule has 0 bridgehead atoms. The Morgan fingerprint density at radius 1 is 0.921 bits per heavy atom. The van der Waals surface area contributed by atoms with Crippen LogP contribution in [0.3, 0.4) is 0 Å². The Kier molecular flexibility index (Phi) is 5.35. The number of H-pyrrole nitrogens is 1. The summed E-state index contributed by atoms with van der Waals surface area (Å²) in [7, 11) is 1.66. The molecular weight excluding hydrogens is 480 g/mol. The van der Waals surface area contributed by atoms with Gasteiger partial charge in [-0.15, -0.1) is 0 Å². The lowest BCUT2D eigenvalue weighted by Gasteiger charge is -2.36. The molecule has 8 heteroatoms. The van der Waals surface area contributed by atoms with Crippen LogP contribution in [0.1, 0.15) is 45.5 Å². The molecular formula is C30H28N4O4. The van der Waals surface area contributed by atoms with Crippen LogP contribution in [0.15, 0.2) is 59.4 Å². The number of benzene rings is 3. The average Bonchev–Trinajstić information content (AvgIpc) is 3.24. The second kappa shape index (κ2) is 8.79. The second-order valence-corrected chi connectivity index (χ2v) is 10.3. The number of amides is 2. The molecule has 8 nitrogen and oxygen atoms in total. The number of morpholine rings is 1. The second-order valence-electron chi connectivity index (χ2n) is 10.3. The third-order valence-corrected chi connectivity index (χ3v) is 8.35. The Morgan fingerprint density at radius 3 is 2.45 bits per heavy atom. The van der Waals surface area contributed by atoms with Gasteiger partial charge in [0.2, 0.25) is 0 Å². The van der Waals surface area contributed by atoms with Crippen molar-refractivity contribution in [2.24, 2.45) is 7.05 Å². The van der Waals surface area contributed by atoms with E-state index in [0.717, 1.165) is 61.9 Å². The van der Waals surface area contributed by atoms with Gasteiger partial charge in [-0.1, -0.05) is 24.3 Å². The number of aryl methyl sites for hydroxylation is 1. The number of imidazole rings is 1. The summed E-state index contributed by atoms with van der Waals surface area (Å²) in [5.41, 5.74) is 4.90. The van der Waals surface area contributed by atoms with Gasteiger partial charge < -0.3 is 9.72 Å². The number of imide groups is 1. The molecule has 7 rings (SSSR count). The van der Waals surface area contributed by atoms with Crippen LogP contribution in [-0.2, 0) is 11.8 Å². The van der Waals surface area contributed by atoms with Gasteiger partial charge in [0.25, 0.3) is 11.8 Å². The fraction of sp³-hybridized carbons (Fsp3) is 0.300. The van der Waals surface area contributed by atoms with Crippen molar-refractivity contribution in [1.82, 2.24) is 14.5 Å². The predicted molar refractivity (Wildman–Crippen MR) is 147 cm³/mol.